The molecule has 0 amide bonds. The van der Waals surface area contributed by atoms with Gasteiger partial charge in [0.05, 0.1) is 30.0 Å². The fourth-order valence-corrected chi connectivity index (χ4v) is 2.85. The van der Waals surface area contributed by atoms with Crippen molar-refractivity contribution >= 4 is 13.1 Å². The molecule has 0 unspecified atom stereocenters. The molecule has 7 heteroatoms. The molecule has 0 aromatic heterocycles. The monoisotopic (exact) mass is 402 g/mol. The molecule has 2 rings (SSSR count). The number of esters is 1. The minimum absolute atomic E-state index is 0.0891. The van der Waals surface area contributed by atoms with Crippen LogP contribution in [0.2, 0.25) is 0 Å². The first-order valence-corrected chi connectivity index (χ1v) is 9.82. The van der Waals surface area contributed by atoms with Crippen LogP contribution in [0.1, 0.15) is 54.0 Å². The van der Waals surface area contributed by atoms with Gasteiger partial charge in [0.2, 0.25) is 0 Å². The van der Waals surface area contributed by atoms with Crippen LogP contribution in [0.5, 0.6) is 5.75 Å². The lowest BCUT2D eigenvalue weighted by Gasteiger charge is -2.32. The fourth-order valence-electron chi connectivity index (χ4n) is 2.85. The molecule has 0 atom stereocenters. The maximum atomic E-state index is 11.8. The Morgan fingerprint density at radius 2 is 1.72 bits per heavy atom. The quantitative estimate of drug-likeness (QED) is 0.313. The Bertz CT molecular complexity index is 789. The van der Waals surface area contributed by atoms with E-state index >= 15 is 0 Å². The molecule has 1 N–H and O–H groups in total. The molecule has 1 saturated heterocycles. The average Bonchev–Trinajstić information content (AvgIpc) is 2.82. The Hall–Kier alpha value is -2.25. The van der Waals surface area contributed by atoms with Crippen molar-refractivity contribution in [1.82, 2.24) is 0 Å². The van der Waals surface area contributed by atoms with Crippen molar-refractivity contribution in [2.45, 2.75) is 66.1 Å². The van der Waals surface area contributed by atoms with Crippen LogP contribution in [0.3, 0.4) is 0 Å². The third kappa shape index (κ3) is 5.64. The first-order valence-electron chi connectivity index (χ1n) is 9.82. The summed E-state index contributed by atoms with van der Waals surface area (Å²) in [6, 6.07) is 7.28. The molecule has 6 nitrogen and oxygen atoms in total. The summed E-state index contributed by atoms with van der Waals surface area (Å²) in [6.45, 7) is 13.3. The Morgan fingerprint density at radius 3 is 2.28 bits per heavy atom. The third-order valence-electron chi connectivity index (χ3n) is 5.17. The highest BCUT2D eigenvalue weighted by Gasteiger charge is 2.52. The van der Waals surface area contributed by atoms with Crippen LogP contribution in [-0.2, 0) is 25.3 Å². The lowest BCUT2D eigenvalue weighted by molar-refractivity contribution is -0.142. The van der Waals surface area contributed by atoms with Crippen molar-refractivity contribution in [2.24, 2.45) is 0 Å². The van der Waals surface area contributed by atoms with Gasteiger partial charge < -0.3 is 23.9 Å². The Labute approximate surface area is 173 Å². The summed E-state index contributed by atoms with van der Waals surface area (Å²) in [7, 11) is -0.710. The van der Waals surface area contributed by atoms with E-state index in [9.17, 15) is 9.90 Å². The third-order valence-corrected chi connectivity index (χ3v) is 5.17. The number of allylic oxidation sites excluding steroid dienone is 4. The standard InChI is InChI=1S/C22H31BO6/c1-8-26-20(25)14-17-11-9-10-12-19(17)27-15(2)13-18(16(3)24)23-28-21(4,5)22(6,7)29-23/h9-13,24H,8,14H2,1-7H3/b15-13+,18-16-. The molecule has 1 fully saturated rings. The van der Waals surface area contributed by atoms with Gasteiger partial charge in [0.25, 0.3) is 0 Å². The zero-order chi connectivity index (χ0) is 21.8. The highest BCUT2D eigenvalue weighted by molar-refractivity contribution is 6.55. The van der Waals surface area contributed by atoms with Gasteiger partial charge in [-0.2, -0.15) is 0 Å². The van der Waals surface area contributed by atoms with Gasteiger partial charge in [-0.05, 0) is 60.6 Å². The molecule has 1 aromatic rings. The van der Waals surface area contributed by atoms with Crippen molar-refractivity contribution in [3.63, 3.8) is 0 Å². The van der Waals surface area contributed by atoms with E-state index in [1.54, 1.807) is 32.9 Å². The fraction of sp³-hybridized carbons (Fsp3) is 0.500. The van der Waals surface area contributed by atoms with Gasteiger partial charge in [-0.25, -0.2) is 0 Å². The molecule has 1 heterocycles. The largest absolute Gasteiger partial charge is 0.513 e. The smallest absolute Gasteiger partial charge is 0.498 e. The number of aliphatic hydroxyl groups is 1. The molecule has 0 saturated carbocycles. The minimum Gasteiger partial charge on any atom is -0.513 e. The number of para-hydroxylation sites is 1. The van der Waals surface area contributed by atoms with Gasteiger partial charge in [0.15, 0.2) is 0 Å². The summed E-state index contributed by atoms with van der Waals surface area (Å²) in [6.07, 6.45) is 1.81. The Balaban J connectivity index is 2.22. The number of rotatable bonds is 7. The Morgan fingerprint density at radius 1 is 1.14 bits per heavy atom. The van der Waals surface area contributed by atoms with Crippen LogP contribution in [0.15, 0.2) is 47.3 Å². The highest BCUT2D eigenvalue weighted by Crippen LogP contribution is 2.39. The van der Waals surface area contributed by atoms with Crippen molar-refractivity contribution in [1.29, 1.82) is 0 Å². The molecule has 158 valence electrons. The van der Waals surface area contributed by atoms with Gasteiger partial charge in [-0.15, -0.1) is 0 Å². The average molecular weight is 402 g/mol. The van der Waals surface area contributed by atoms with Crippen molar-refractivity contribution in [3.8, 4) is 5.75 Å². The van der Waals surface area contributed by atoms with Crippen molar-refractivity contribution in [2.75, 3.05) is 6.61 Å². The second-order valence-corrected chi connectivity index (χ2v) is 8.08. The number of aliphatic hydroxyl groups excluding tert-OH is 1. The Kier molecular flexibility index (Phi) is 7.19. The molecule has 29 heavy (non-hydrogen) atoms. The molecule has 1 aliphatic heterocycles. The number of hydrogen-bond acceptors (Lipinski definition) is 6. The summed E-state index contributed by atoms with van der Waals surface area (Å²) < 4.78 is 23.1. The topological polar surface area (TPSA) is 74.2 Å². The SMILES string of the molecule is CCOC(=O)Cc1ccccc1O/C(C)=C/C(B1OC(C)(C)C(C)(C)O1)=C(\C)O. The second-order valence-electron chi connectivity index (χ2n) is 8.08. The number of ether oxygens (including phenoxy) is 2. The van der Waals surface area contributed by atoms with Gasteiger partial charge in [0.1, 0.15) is 11.5 Å². The number of carbonyl (C=O) groups excluding carboxylic acids is 1. The summed E-state index contributed by atoms with van der Waals surface area (Å²) in [5.41, 5.74) is 0.171. The van der Waals surface area contributed by atoms with E-state index in [1.165, 1.54) is 0 Å². The summed E-state index contributed by atoms with van der Waals surface area (Å²) in [4.78, 5) is 11.8. The highest BCUT2D eigenvalue weighted by atomic mass is 16.7. The van der Waals surface area contributed by atoms with Crippen LogP contribution in [0.4, 0.5) is 0 Å². The summed E-state index contributed by atoms with van der Waals surface area (Å²) in [5, 5.41) is 10.2. The van der Waals surface area contributed by atoms with Crippen LogP contribution in [-0.4, -0.2) is 36.0 Å². The second kappa shape index (κ2) is 9.05. The number of carbonyl (C=O) groups is 1. The molecule has 0 radical (unpaired) electrons. The van der Waals surface area contributed by atoms with E-state index < -0.39 is 18.3 Å². The first kappa shape index (κ1) is 23.0. The van der Waals surface area contributed by atoms with E-state index in [1.807, 2.05) is 45.9 Å². The van der Waals surface area contributed by atoms with E-state index in [0.717, 1.165) is 5.56 Å². The molecule has 1 aliphatic rings. The normalized spacial score (nSPS) is 19.0. The van der Waals surface area contributed by atoms with E-state index in [2.05, 4.69) is 0 Å². The predicted molar refractivity (Wildman–Crippen MR) is 113 cm³/mol. The van der Waals surface area contributed by atoms with Crippen LogP contribution in [0.25, 0.3) is 0 Å². The van der Waals surface area contributed by atoms with Crippen LogP contribution >= 0.6 is 0 Å². The molecule has 0 bridgehead atoms. The van der Waals surface area contributed by atoms with Gasteiger partial charge in [-0.3, -0.25) is 4.79 Å². The van der Waals surface area contributed by atoms with Crippen molar-refractivity contribution in [3.05, 3.63) is 52.9 Å². The molecule has 0 spiro atoms. The number of benzene rings is 1. The lowest BCUT2D eigenvalue weighted by atomic mass is 9.77. The van der Waals surface area contributed by atoms with Gasteiger partial charge >= 0.3 is 13.1 Å². The zero-order valence-electron chi connectivity index (χ0n) is 18.4. The van der Waals surface area contributed by atoms with Gasteiger partial charge in [-0.1, -0.05) is 18.2 Å². The predicted octanol–water partition coefficient (Wildman–Crippen LogP) is 4.54. The lowest BCUT2D eigenvalue weighted by Crippen LogP contribution is -2.41. The summed E-state index contributed by atoms with van der Waals surface area (Å²) >= 11 is 0. The maximum Gasteiger partial charge on any atom is 0.498 e. The maximum absolute atomic E-state index is 11.8. The first-order chi connectivity index (χ1) is 13.5. The zero-order valence-corrected chi connectivity index (χ0v) is 18.4. The van der Waals surface area contributed by atoms with Crippen LogP contribution < -0.4 is 4.74 Å². The summed E-state index contributed by atoms with van der Waals surface area (Å²) in [5.74, 6) is 0.859. The minimum atomic E-state index is -0.710. The molecule has 1 aromatic carbocycles. The van der Waals surface area contributed by atoms with Gasteiger partial charge in [0, 0.05) is 11.0 Å². The van der Waals surface area contributed by atoms with E-state index in [-0.39, 0.29) is 18.1 Å². The molecule has 0 aliphatic carbocycles. The van der Waals surface area contributed by atoms with E-state index in [0.29, 0.717) is 23.6 Å². The van der Waals surface area contributed by atoms with Crippen molar-refractivity contribution < 1.29 is 28.7 Å². The number of hydrogen-bond donors (Lipinski definition) is 1. The van der Waals surface area contributed by atoms with E-state index in [4.69, 9.17) is 18.8 Å². The van der Waals surface area contributed by atoms with Crippen LogP contribution in [0, 0.1) is 0 Å². The molecular weight excluding hydrogens is 371 g/mol. The molecular formula is C22H31BO6.